The van der Waals surface area contributed by atoms with E-state index in [1.807, 2.05) is 19.1 Å². The minimum atomic E-state index is -0.629. The molecule has 0 aromatic heterocycles. The Morgan fingerprint density at radius 3 is 2.71 bits per heavy atom. The van der Waals surface area contributed by atoms with Crippen molar-refractivity contribution >= 4 is 18.0 Å². The van der Waals surface area contributed by atoms with Gasteiger partial charge in [-0.2, -0.15) is 5.26 Å². The molecule has 7 heteroatoms. The lowest BCUT2D eigenvalue weighted by atomic mass is 10.1. The Balaban J connectivity index is 1.46. The average molecular weight is 378 g/mol. The first kappa shape index (κ1) is 19.0. The first-order valence-electron chi connectivity index (χ1n) is 8.59. The molecule has 1 N–H and O–H groups in total. The van der Waals surface area contributed by atoms with Gasteiger partial charge in [-0.3, -0.25) is 4.79 Å². The molecule has 0 saturated heterocycles. The van der Waals surface area contributed by atoms with Crippen LogP contribution in [0.15, 0.2) is 48.5 Å². The summed E-state index contributed by atoms with van der Waals surface area (Å²) in [5.74, 6) is 0.267. The third-order valence-corrected chi connectivity index (χ3v) is 4.07. The first-order valence-corrected chi connectivity index (χ1v) is 8.59. The predicted octanol–water partition coefficient (Wildman–Crippen LogP) is 2.72. The quantitative estimate of drug-likeness (QED) is 0.613. The topological polar surface area (TPSA) is 97.7 Å². The maximum Gasteiger partial charge on any atom is 0.331 e. The molecule has 0 spiro atoms. The number of nitrogens with one attached hydrogen (secondary N) is 1. The second kappa shape index (κ2) is 8.73. The van der Waals surface area contributed by atoms with Crippen molar-refractivity contribution in [3.63, 3.8) is 0 Å². The van der Waals surface area contributed by atoms with Crippen LogP contribution in [0.4, 0.5) is 0 Å². The molecular weight excluding hydrogens is 360 g/mol. The number of carbonyl (C=O) groups is 2. The van der Waals surface area contributed by atoms with Crippen LogP contribution in [-0.2, 0) is 14.3 Å². The summed E-state index contributed by atoms with van der Waals surface area (Å²) in [5.41, 5.74) is 2.13. The van der Waals surface area contributed by atoms with Gasteiger partial charge in [0.1, 0.15) is 0 Å². The summed E-state index contributed by atoms with van der Waals surface area (Å²) in [6, 6.07) is 13.9. The van der Waals surface area contributed by atoms with E-state index >= 15 is 0 Å². The van der Waals surface area contributed by atoms with Crippen molar-refractivity contribution in [1.29, 1.82) is 5.26 Å². The Morgan fingerprint density at radius 1 is 1.21 bits per heavy atom. The highest BCUT2D eigenvalue weighted by Gasteiger charge is 2.17. The van der Waals surface area contributed by atoms with Crippen molar-refractivity contribution in [3.05, 3.63) is 65.2 Å². The number of nitrogens with zero attached hydrogens (tertiary/aromatic N) is 1. The molecule has 0 unspecified atom stereocenters. The third kappa shape index (κ3) is 4.89. The van der Waals surface area contributed by atoms with Crippen molar-refractivity contribution < 1.29 is 23.8 Å². The van der Waals surface area contributed by atoms with Gasteiger partial charge in [-0.25, -0.2) is 4.79 Å². The number of fused-ring (bicyclic) bond motifs is 1. The van der Waals surface area contributed by atoms with Gasteiger partial charge >= 0.3 is 5.97 Å². The lowest BCUT2D eigenvalue weighted by Crippen LogP contribution is -2.30. The van der Waals surface area contributed by atoms with Gasteiger partial charge in [-0.05, 0) is 48.4 Å². The monoisotopic (exact) mass is 378 g/mol. The van der Waals surface area contributed by atoms with Gasteiger partial charge in [-0.15, -0.1) is 0 Å². The van der Waals surface area contributed by atoms with E-state index in [0.717, 1.165) is 11.1 Å². The van der Waals surface area contributed by atoms with E-state index in [0.29, 0.717) is 17.1 Å². The van der Waals surface area contributed by atoms with Crippen molar-refractivity contribution in [2.75, 3.05) is 13.4 Å². The zero-order valence-electron chi connectivity index (χ0n) is 15.2. The number of nitriles is 1. The Bertz CT molecular complexity index is 944. The normalized spacial score (nSPS) is 13.0. The fourth-order valence-corrected chi connectivity index (χ4v) is 2.57. The number of hydrogen-bond acceptors (Lipinski definition) is 6. The molecule has 1 heterocycles. The molecule has 0 aliphatic carbocycles. The van der Waals surface area contributed by atoms with Crippen molar-refractivity contribution in [2.24, 2.45) is 0 Å². The lowest BCUT2D eigenvalue weighted by Gasteiger charge is -2.14. The smallest absolute Gasteiger partial charge is 0.331 e. The van der Waals surface area contributed by atoms with E-state index in [-0.39, 0.29) is 19.4 Å². The van der Waals surface area contributed by atoms with Gasteiger partial charge in [-0.1, -0.05) is 18.2 Å². The van der Waals surface area contributed by atoms with E-state index in [2.05, 4.69) is 5.32 Å². The molecule has 1 aliphatic rings. The van der Waals surface area contributed by atoms with E-state index in [1.165, 1.54) is 6.08 Å². The second-order valence-electron chi connectivity index (χ2n) is 6.08. The number of ether oxygens (including phenoxy) is 3. The van der Waals surface area contributed by atoms with Gasteiger partial charge in [0.25, 0.3) is 5.91 Å². The molecule has 2 aromatic rings. The molecule has 3 rings (SSSR count). The minimum absolute atomic E-state index is 0.186. The number of esters is 1. The summed E-state index contributed by atoms with van der Waals surface area (Å²) in [7, 11) is 0. The van der Waals surface area contributed by atoms with Crippen LogP contribution in [0.25, 0.3) is 6.08 Å². The van der Waals surface area contributed by atoms with Crippen LogP contribution in [0, 0.1) is 11.3 Å². The van der Waals surface area contributed by atoms with Crippen LogP contribution >= 0.6 is 0 Å². The van der Waals surface area contributed by atoms with Crippen LogP contribution in [-0.4, -0.2) is 25.3 Å². The van der Waals surface area contributed by atoms with Gasteiger partial charge in [0.2, 0.25) is 6.79 Å². The molecule has 1 atom stereocenters. The van der Waals surface area contributed by atoms with Gasteiger partial charge in [0.05, 0.1) is 17.7 Å². The number of hydrogen-bond donors (Lipinski definition) is 1. The molecule has 142 valence electrons. The summed E-state index contributed by atoms with van der Waals surface area (Å²) >= 11 is 0. The van der Waals surface area contributed by atoms with E-state index in [1.54, 1.807) is 42.5 Å². The van der Waals surface area contributed by atoms with E-state index in [4.69, 9.17) is 19.5 Å². The molecule has 0 saturated carbocycles. The molecule has 0 fully saturated rings. The maximum absolute atomic E-state index is 12.0. The first-order chi connectivity index (χ1) is 13.5. The molecule has 0 bridgehead atoms. The Morgan fingerprint density at radius 2 is 1.96 bits per heavy atom. The third-order valence-electron chi connectivity index (χ3n) is 4.07. The SMILES string of the molecule is C[C@H](NC(=O)COC(=O)/C=C/c1ccc(C#N)cc1)c1ccc2c(c1)OCO2. The maximum atomic E-state index is 12.0. The van der Waals surface area contributed by atoms with Crippen LogP contribution < -0.4 is 14.8 Å². The van der Waals surface area contributed by atoms with Crippen LogP contribution in [0.2, 0.25) is 0 Å². The standard InChI is InChI=1S/C21H18N2O5/c1-14(17-7-8-18-19(10-17)28-13-27-18)23-20(24)12-26-21(25)9-6-15-2-4-16(11-22)5-3-15/h2-10,14H,12-13H2,1H3,(H,23,24)/b9-6+/t14-/m0/s1. The molecule has 2 aromatic carbocycles. The largest absolute Gasteiger partial charge is 0.454 e. The highest BCUT2D eigenvalue weighted by molar-refractivity contribution is 5.89. The highest BCUT2D eigenvalue weighted by Crippen LogP contribution is 2.34. The number of benzene rings is 2. The van der Waals surface area contributed by atoms with Crippen LogP contribution in [0.3, 0.4) is 0 Å². The Kier molecular flexibility index (Phi) is 5.92. The van der Waals surface area contributed by atoms with Crippen molar-refractivity contribution in [3.8, 4) is 17.6 Å². The number of amides is 1. The van der Waals surface area contributed by atoms with Crippen LogP contribution in [0.1, 0.15) is 29.7 Å². The molecular formula is C21H18N2O5. The van der Waals surface area contributed by atoms with E-state index < -0.39 is 11.9 Å². The predicted molar refractivity (Wildman–Crippen MR) is 100 cm³/mol. The Labute approximate surface area is 162 Å². The Hall–Kier alpha value is -3.79. The fraction of sp³-hybridized carbons (Fsp3) is 0.190. The lowest BCUT2D eigenvalue weighted by molar-refractivity contribution is -0.144. The second-order valence-corrected chi connectivity index (χ2v) is 6.08. The highest BCUT2D eigenvalue weighted by atomic mass is 16.7. The molecule has 0 radical (unpaired) electrons. The fourth-order valence-electron chi connectivity index (χ4n) is 2.57. The van der Waals surface area contributed by atoms with Crippen molar-refractivity contribution in [1.82, 2.24) is 5.32 Å². The summed E-state index contributed by atoms with van der Waals surface area (Å²) in [6.45, 7) is 1.62. The van der Waals surface area contributed by atoms with Crippen molar-refractivity contribution in [2.45, 2.75) is 13.0 Å². The van der Waals surface area contributed by atoms with E-state index in [9.17, 15) is 9.59 Å². The molecule has 1 amide bonds. The average Bonchev–Trinajstić information content (AvgIpc) is 3.19. The van der Waals surface area contributed by atoms with Gasteiger partial charge < -0.3 is 19.5 Å². The number of rotatable bonds is 6. The molecule has 28 heavy (non-hydrogen) atoms. The summed E-state index contributed by atoms with van der Waals surface area (Å²) < 4.78 is 15.5. The van der Waals surface area contributed by atoms with Gasteiger partial charge in [0, 0.05) is 6.08 Å². The van der Waals surface area contributed by atoms with Crippen LogP contribution in [0.5, 0.6) is 11.5 Å². The van der Waals surface area contributed by atoms with Gasteiger partial charge in [0.15, 0.2) is 18.1 Å². The summed E-state index contributed by atoms with van der Waals surface area (Å²) in [5, 5.41) is 11.5. The minimum Gasteiger partial charge on any atom is -0.454 e. The number of carbonyl (C=O) groups excluding carboxylic acids is 2. The summed E-state index contributed by atoms with van der Waals surface area (Å²) in [6.07, 6.45) is 2.78. The zero-order valence-corrected chi connectivity index (χ0v) is 15.2. The zero-order chi connectivity index (χ0) is 19.9. The molecule has 1 aliphatic heterocycles. The molecule has 7 nitrogen and oxygen atoms in total. The summed E-state index contributed by atoms with van der Waals surface area (Å²) in [4.78, 5) is 23.8.